The first-order chi connectivity index (χ1) is 13.5. The van der Waals surface area contributed by atoms with Gasteiger partial charge in [0.2, 0.25) is 0 Å². The number of benzene rings is 2. The van der Waals surface area contributed by atoms with Gasteiger partial charge in [0.25, 0.3) is 11.8 Å². The Morgan fingerprint density at radius 3 is 2.46 bits per heavy atom. The van der Waals surface area contributed by atoms with E-state index in [4.69, 9.17) is 9.47 Å². The maximum absolute atomic E-state index is 12.4. The van der Waals surface area contributed by atoms with Gasteiger partial charge in [-0.2, -0.15) is 0 Å². The minimum absolute atomic E-state index is 0.119. The summed E-state index contributed by atoms with van der Waals surface area (Å²) in [4.78, 5) is 25.3. The summed E-state index contributed by atoms with van der Waals surface area (Å²) in [5, 5.41) is 5.60. The highest BCUT2D eigenvalue weighted by molar-refractivity contribution is 5.97. The van der Waals surface area contributed by atoms with Gasteiger partial charge in [0.05, 0.1) is 21.3 Å². The fourth-order valence-electron chi connectivity index (χ4n) is 2.88. The quantitative estimate of drug-likeness (QED) is 0.603. The fourth-order valence-corrected chi connectivity index (χ4v) is 2.88. The smallest absolute Gasteiger partial charge is 0.279 e. The molecule has 0 radical (unpaired) electrons. The van der Waals surface area contributed by atoms with Gasteiger partial charge in [-0.25, -0.2) is 0 Å². The molecule has 3 N–H and O–H groups in total. The van der Waals surface area contributed by atoms with E-state index in [1.165, 1.54) is 0 Å². The first kappa shape index (κ1) is 21.2. The maximum Gasteiger partial charge on any atom is 0.279 e. The molecule has 2 aromatic carbocycles. The van der Waals surface area contributed by atoms with Gasteiger partial charge in [0.15, 0.2) is 18.0 Å². The number of hydrogen-bond donors (Lipinski definition) is 3. The van der Waals surface area contributed by atoms with Gasteiger partial charge < -0.3 is 25.0 Å². The van der Waals surface area contributed by atoms with Crippen LogP contribution < -0.4 is 25.0 Å². The van der Waals surface area contributed by atoms with Crippen LogP contribution in [0.3, 0.4) is 0 Å². The number of anilines is 1. The van der Waals surface area contributed by atoms with Crippen molar-refractivity contribution in [3.8, 4) is 11.5 Å². The Bertz CT molecular complexity index is 823. The molecule has 0 aliphatic heterocycles. The first-order valence-corrected chi connectivity index (χ1v) is 9.17. The lowest BCUT2D eigenvalue weighted by molar-refractivity contribution is -0.885. The number of rotatable bonds is 9. The van der Waals surface area contributed by atoms with Crippen molar-refractivity contribution in [1.29, 1.82) is 0 Å². The molecule has 0 fully saturated rings. The van der Waals surface area contributed by atoms with Crippen LogP contribution in [-0.4, -0.2) is 46.2 Å². The summed E-state index contributed by atoms with van der Waals surface area (Å²) < 4.78 is 10.6. The summed E-state index contributed by atoms with van der Waals surface area (Å²) in [6.07, 6.45) is 0. The van der Waals surface area contributed by atoms with Crippen molar-refractivity contribution in [2.75, 3.05) is 39.7 Å². The molecular formula is C21H28N3O4+. The molecule has 150 valence electrons. The van der Waals surface area contributed by atoms with Gasteiger partial charge in [-0.15, -0.1) is 0 Å². The van der Waals surface area contributed by atoms with Crippen molar-refractivity contribution in [3.05, 3.63) is 53.6 Å². The van der Waals surface area contributed by atoms with E-state index < -0.39 is 0 Å². The molecule has 0 saturated carbocycles. The number of nitrogens with one attached hydrogen (secondary N) is 3. The van der Waals surface area contributed by atoms with E-state index in [1.807, 2.05) is 32.2 Å². The van der Waals surface area contributed by atoms with Crippen molar-refractivity contribution >= 4 is 17.5 Å². The summed E-state index contributed by atoms with van der Waals surface area (Å²) in [5.74, 6) is 1.06. The van der Waals surface area contributed by atoms with Crippen LogP contribution >= 0.6 is 0 Å². The van der Waals surface area contributed by atoms with Crippen molar-refractivity contribution in [2.24, 2.45) is 0 Å². The number of hydrogen-bond acceptors (Lipinski definition) is 4. The summed E-state index contributed by atoms with van der Waals surface area (Å²) >= 11 is 0. The van der Waals surface area contributed by atoms with E-state index in [1.54, 1.807) is 38.5 Å². The number of likely N-dealkylation sites (N-methyl/N-ethyl adjacent to an activating group) is 1. The molecule has 0 aromatic heterocycles. The van der Waals surface area contributed by atoms with Gasteiger partial charge in [0, 0.05) is 23.4 Å². The zero-order chi connectivity index (χ0) is 20.5. The Morgan fingerprint density at radius 1 is 1.04 bits per heavy atom. The molecule has 2 aromatic rings. The third-order valence-electron chi connectivity index (χ3n) is 4.16. The predicted octanol–water partition coefficient (Wildman–Crippen LogP) is 1.11. The Morgan fingerprint density at radius 2 is 1.79 bits per heavy atom. The molecule has 7 nitrogen and oxygen atoms in total. The lowest BCUT2D eigenvalue weighted by atomic mass is 10.2. The van der Waals surface area contributed by atoms with Gasteiger partial charge in [0.1, 0.15) is 6.54 Å². The summed E-state index contributed by atoms with van der Waals surface area (Å²) in [7, 11) is 5.14. The third kappa shape index (κ3) is 5.99. The zero-order valence-electron chi connectivity index (χ0n) is 16.8. The van der Waals surface area contributed by atoms with Crippen molar-refractivity contribution < 1.29 is 24.0 Å². The third-order valence-corrected chi connectivity index (χ3v) is 4.16. The Balaban J connectivity index is 1.94. The lowest BCUT2D eigenvalue weighted by Gasteiger charge is -2.15. The average molecular weight is 386 g/mol. The standard InChI is InChI=1S/C21H27N3O4/c1-5-22-21(26)16-7-6-8-17(12-16)23-20(25)14-24(2)13-15-9-10-18(27-3)19(11-15)28-4/h6-12H,5,13-14H2,1-4H3,(H,22,26)(H,23,25)/p+1. The molecule has 28 heavy (non-hydrogen) atoms. The van der Waals surface area contributed by atoms with Gasteiger partial charge in [-0.3, -0.25) is 9.59 Å². The minimum atomic E-state index is -0.158. The van der Waals surface area contributed by atoms with Crippen LogP contribution in [-0.2, 0) is 11.3 Å². The van der Waals surface area contributed by atoms with E-state index >= 15 is 0 Å². The fraction of sp³-hybridized carbons (Fsp3) is 0.333. The van der Waals surface area contributed by atoms with Crippen LogP contribution in [0.4, 0.5) is 5.69 Å². The largest absolute Gasteiger partial charge is 0.493 e. The highest BCUT2D eigenvalue weighted by Gasteiger charge is 2.13. The minimum Gasteiger partial charge on any atom is -0.493 e. The molecule has 0 aliphatic carbocycles. The second-order valence-corrected chi connectivity index (χ2v) is 6.49. The molecule has 1 atom stereocenters. The maximum atomic E-state index is 12.4. The lowest BCUT2D eigenvalue weighted by Crippen LogP contribution is -3.08. The molecule has 0 bridgehead atoms. The van der Waals surface area contributed by atoms with Crippen LogP contribution in [0.1, 0.15) is 22.8 Å². The number of quaternary nitrogens is 1. The Kier molecular flexibility index (Phi) is 7.83. The SMILES string of the molecule is CCNC(=O)c1cccc(NC(=O)C[NH+](C)Cc2ccc(OC)c(OC)c2)c1. The van der Waals surface area contributed by atoms with Crippen LogP contribution in [0.5, 0.6) is 11.5 Å². The highest BCUT2D eigenvalue weighted by Crippen LogP contribution is 2.27. The van der Waals surface area contributed by atoms with Crippen molar-refractivity contribution in [2.45, 2.75) is 13.5 Å². The number of methoxy groups -OCH3 is 2. The summed E-state index contributed by atoms with van der Waals surface area (Å²) in [6, 6.07) is 12.6. The molecule has 0 spiro atoms. The Hall–Kier alpha value is -3.06. The number of amides is 2. The predicted molar refractivity (Wildman–Crippen MR) is 108 cm³/mol. The molecule has 0 heterocycles. The van der Waals surface area contributed by atoms with E-state index in [9.17, 15) is 9.59 Å². The molecule has 1 unspecified atom stereocenters. The van der Waals surface area contributed by atoms with E-state index in [2.05, 4.69) is 10.6 Å². The summed E-state index contributed by atoms with van der Waals surface area (Å²) in [5.41, 5.74) is 2.17. The van der Waals surface area contributed by atoms with Crippen LogP contribution in [0.2, 0.25) is 0 Å². The molecule has 2 amide bonds. The van der Waals surface area contributed by atoms with Crippen LogP contribution in [0.15, 0.2) is 42.5 Å². The zero-order valence-corrected chi connectivity index (χ0v) is 16.8. The topological polar surface area (TPSA) is 81.1 Å². The average Bonchev–Trinajstić information content (AvgIpc) is 2.68. The number of carbonyl (C=O) groups is 2. The molecule has 7 heteroatoms. The molecule has 2 rings (SSSR count). The van der Waals surface area contributed by atoms with E-state index in [0.29, 0.717) is 42.4 Å². The van der Waals surface area contributed by atoms with Gasteiger partial charge >= 0.3 is 0 Å². The van der Waals surface area contributed by atoms with Crippen LogP contribution in [0, 0.1) is 0 Å². The van der Waals surface area contributed by atoms with E-state index in [0.717, 1.165) is 10.5 Å². The van der Waals surface area contributed by atoms with Gasteiger partial charge in [-0.05, 0) is 43.3 Å². The number of carbonyl (C=O) groups excluding carboxylic acids is 2. The molecular weight excluding hydrogens is 358 g/mol. The highest BCUT2D eigenvalue weighted by atomic mass is 16.5. The number of ether oxygens (including phenoxy) is 2. The van der Waals surface area contributed by atoms with Gasteiger partial charge in [-0.1, -0.05) is 6.07 Å². The second-order valence-electron chi connectivity index (χ2n) is 6.49. The monoisotopic (exact) mass is 386 g/mol. The first-order valence-electron chi connectivity index (χ1n) is 9.17. The second kappa shape index (κ2) is 10.3. The summed E-state index contributed by atoms with van der Waals surface area (Å²) in [6.45, 7) is 3.37. The normalized spacial score (nSPS) is 11.4. The molecule has 0 aliphatic rings. The molecule has 0 saturated heterocycles. The van der Waals surface area contributed by atoms with Crippen molar-refractivity contribution in [1.82, 2.24) is 5.32 Å². The van der Waals surface area contributed by atoms with E-state index in [-0.39, 0.29) is 11.8 Å². The van der Waals surface area contributed by atoms with Crippen LogP contribution in [0.25, 0.3) is 0 Å². The Labute approximate surface area is 165 Å². The van der Waals surface area contributed by atoms with Crippen molar-refractivity contribution in [3.63, 3.8) is 0 Å².